The van der Waals surface area contributed by atoms with Crippen LogP contribution >= 0.6 is 0 Å². The monoisotopic (exact) mass is 210 g/mol. The number of nitrogens with zero attached hydrogens (tertiary/aromatic N) is 2. The van der Waals surface area contributed by atoms with Gasteiger partial charge in [0.1, 0.15) is 11.5 Å². The molecule has 0 aliphatic rings. The van der Waals surface area contributed by atoms with Crippen LogP contribution in [0.4, 0.5) is 4.39 Å². The highest BCUT2D eigenvalue weighted by molar-refractivity contribution is 5.59. The van der Waals surface area contributed by atoms with Gasteiger partial charge in [-0.3, -0.25) is 0 Å². The Balaban J connectivity index is 0.000000921. The van der Waals surface area contributed by atoms with Crippen LogP contribution in [0.3, 0.4) is 0 Å². The Labute approximate surface area is 91.1 Å². The predicted octanol–water partition coefficient (Wildman–Crippen LogP) is 4.07. The van der Waals surface area contributed by atoms with Crippen LogP contribution in [0.5, 0.6) is 0 Å². The van der Waals surface area contributed by atoms with Gasteiger partial charge in [0.15, 0.2) is 0 Å². The van der Waals surface area contributed by atoms with Gasteiger partial charge in [0.25, 0.3) is 0 Å². The fourth-order valence-electron chi connectivity index (χ4n) is 1.22. The van der Waals surface area contributed by atoms with Gasteiger partial charge < -0.3 is 0 Å². The SMILES string of the molecule is C=Cn1ncc(C(C)C)c1C(=C)F.CC. The van der Waals surface area contributed by atoms with Crippen LogP contribution in [0.2, 0.25) is 0 Å². The summed E-state index contributed by atoms with van der Waals surface area (Å²) in [5.74, 6) is -0.239. The Hall–Kier alpha value is -1.38. The zero-order valence-corrected chi connectivity index (χ0v) is 9.92. The molecule has 1 heterocycles. The standard InChI is InChI=1S/C10H13FN2.C2H6/c1-5-13-10(8(4)11)9(6-12-13)7(2)3;1-2/h5-7H,1,4H2,2-3H3;1-2H3. The van der Waals surface area contributed by atoms with Crippen molar-refractivity contribution in [1.82, 2.24) is 9.78 Å². The highest BCUT2D eigenvalue weighted by Gasteiger charge is 2.14. The molecule has 1 aromatic heterocycles. The minimum atomic E-state index is -0.471. The van der Waals surface area contributed by atoms with Crippen molar-refractivity contribution in [3.8, 4) is 0 Å². The smallest absolute Gasteiger partial charge is 0.142 e. The fraction of sp³-hybridized carbons (Fsp3) is 0.417. The highest BCUT2D eigenvalue weighted by atomic mass is 19.1. The molecule has 0 radical (unpaired) electrons. The summed E-state index contributed by atoms with van der Waals surface area (Å²) >= 11 is 0. The minimum Gasteiger partial charge on any atom is -0.238 e. The van der Waals surface area contributed by atoms with Gasteiger partial charge in [0.05, 0.1) is 6.20 Å². The second-order valence-corrected chi connectivity index (χ2v) is 3.14. The molecule has 0 N–H and O–H groups in total. The van der Waals surface area contributed by atoms with Crippen LogP contribution in [0, 0.1) is 0 Å². The summed E-state index contributed by atoms with van der Waals surface area (Å²) in [6.45, 7) is 14.8. The summed E-state index contributed by atoms with van der Waals surface area (Å²) in [4.78, 5) is 0. The third-order valence-electron chi connectivity index (χ3n) is 1.88. The normalized spacial score (nSPS) is 9.47. The lowest BCUT2D eigenvalue weighted by molar-refractivity contribution is 0.733. The molecule has 0 aromatic carbocycles. The van der Waals surface area contributed by atoms with Crippen molar-refractivity contribution < 1.29 is 4.39 Å². The Kier molecular flexibility index (Phi) is 5.60. The molecule has 3 heteroatoms. The summed E-state index contributed by atoms with van der Waals surface area (Å²) in [6, 6.07) is 0. The number of halogens is 1. The first kappa shape index (κ1) is 13.6. The average Bonchev–Trinajstić information content (AvgIpc) is 2.64. The summed E-state index contributed by atoms with van der Waals surface area (Å²) in [5, 5.41) is 3.97. The van der Waals surface area contributed by atoms with E-state index in [4.69, 9.17) is 0 Å². The van der Waals surface area contributed by atoms with E-state index in [0.29, 0.717) is 5.69 Å². The van der Waals surface area contributed by atoms with E-state index >= 15 is 0 Å². The van der Waals surface area contributed by atoms with Crippen molar-refractivity contribution in [2.45, 2.75) is 33.6 Å². The van der Waals surface area contributed by atoms with E-state index < -0.39 is 5.83 Å². The zero-order chi connectivity index (χ0) is 12.0. The van der Waals surface area contributed by atoms with E-state index in [1.807, 2.05) is 27.7 Å². The first-order valence-corrected chi connectivity index (χ1v) is 5.12. The Morgan fingerprint density at radius 3 is 2.40 bits per heavy atom. The molecule has 0 unspecified atom stereocenters. The van der Waals surface area contributed by atoms with Crippen molar-refractivity contribution in [3.63, 3.8) is 0 Å². The summed E-state index contributed by atoms with van der Waals surface area (Å²) in [7, 11) is 0. The number of aromatic nitrogens is 2. The predicted molar refractivity (Wildman–Crippen MR) is 64.2 cm³/mol. The Bertz CT molecular complexity index is 337. The molecule has 0 amide bonds. The topological polar surface area (TPSA) is 17.8 Å². The van der Waals surface area contributed by atoms with E-state index in [0.717, 1.165) is 5.56 Å². The maximum absolute atomic E-state index is 13.0. The van der Waals surface area contributed by atoms with E-state index in [1.54, 1.807) is 6.20 Å². The van der Waals surface area contributed by atoms with Gasteiger partial charge in [-0.1, -0.05) is 40.9 Å². The average molecular weight is 210 g/mol. The molecule has 0 saturated heterocycles. The van der Waals surface area contributed by atoms with E-state index in [2.05, 4.69) is 18.3 Å². The van der Waals surface area contributed by atoms with Gasteiger partial charge in [0, 0.05) is 11.8 Å². The zero-order valence-electron chi connectivity index (χ0n) is 9.92. The molecular formula is C12H19FN2. The second-order valence-electron chi connectivity index (χ2n) is 3.14. The van der Waals surface area contributed by atoms with Crippen LogP contribution in [0.1, 0.15) is 44.9 Å². The lowest BCUT2D eigenvalue weighted by atomic mass is 10.0. The summed E-state index contributed by atoms with van der Waals surface area (Å²) < 4.78 is 14.4. The van der Waals surface area contributed by atoms with Gasteiger partial charge in [-0.25, -0.2) is 9.07 Å². The second kappa shape index (κ2) is 6.17. The van der Waals surface area contributed by atoms with Gasteiger partial charge in [0.2, 0.25) is 0 Å². The first-order valence-electron chi connectivity index (χ1n) is 5.12. The largest absolute Gasteiger partial charge is 0.238 e. The molecule has 0 bridgehead atoms. The molecule has 2 nitrogen and oxygen atoms in total. The molecule has 0 fully saturated rings. The Morgan fingerprint density at radius 1 is 1.53 bits per heavy atom. The highest BCUT2D eigenvalue weighted by Crippen LogP contribution is 2.25. The van der Waals surface area contributed by atoms with E-state index in [1.165, 1.54) is 10.9 Å². The quantitative estimate of drug-likeness (QED) is 0.735. The van der Waals surface area contributed by atoms with Crippen molar-refractivity contribution in [2.75, 3.05) is 0 Å². The van der Waals surface area contributed by atoms with Crippen LogP contribution in [0.15, 0.2) is 19.4 Å². The molecule has 0 spiro atoms. The molecule has 1 rings (SSSR count). The first-order chi connectivity index (χ1) is 7.07. The fourth-order valence-corrected chi connectivity index (χ4v) is 1.22. The van der Waals surface area contributed by atoms with E-state index in [9.17, 15) is 4.39 Å². The third kappa shape index (κ3) is 3.05. The van der Waals surface area contributed by atoms with E-state index in [-0.39, 0.29) is 5.92 Å². The number of hydrogen-bond donors (Lipinski definition) is 0. The van der Waals surface area contributed by atoms with Crippen molar-refractivity contribution in [1.29, 1.82) is 0 Å². The molecular weight excluding hydrogens is 191 g/mol. The molecule has 0 aliphatic carbocycles. The number of hydrogen-bond acceptors (Lipinski definition) is 1. The van der Waals surface area contributed by atoms with Gasteiger partial charge in [-0.15, -0.1) is 0 Å². The van der Waals surface area contributed by atoms with Gasteiger partial charge in [-0.05, 0) is 5.92 Å². The summed E-state index contributed by atoms with van der Waals surface area (Å²) in [6.07, 6.45) is 3.11. The van der Waals surface area contributed by atoms with Crippen LogP contribution in [-0.2, 0) is 0 Å². The number of rotatable bonds is 3. The van der Waals surface area contributed by atoms with Gasteiger partial charge >= 0.3 is 0 Å². The van der Waals surface area contributed by atoms with Crippen LogP contribution in [-0.4, -0.2) is 9.78 Å². The molecule has 84 valence electrons. The Morgan fingerprint density at radius 2 is 2.07 bits per heavy atom. The van der Waals surface area contributed by atoms with Crippen molar-refractivity contribution in [2.24, 2.45) is 0 Å². The molecule has 0 aliphatic heterocycles. The molecule has 15 heavy (non-hydrogen) atoms. The third-order valence-corrected chi connectivity index (χ3v) is 1.88. The maximum Gasteiger partial charge on any atom is 0.142 e. The van der Waals surface area contributed by atoms with Crippen LogP contribution in [0.25, 0.3) is 12.0 Å². The lowest BCUT2D eigenvalue weighted by Gasteiger charge is -2.05. The van der Waals surface area contributed by atoms with Crippen molar-refractivity contribution >= 4 is 12.0 Å². The summed E-state index contributed by atoms with van der Waals surface area (Å²) in [5.41, 5.74) is 1.28. The minimum absolute atomic E-state index is 0.233. The maximum atomic E-state index is 13.0. The molecule has 1 aromatic rings. The van der Waals surface area contributed by atoms with Gasteiger partial charge in [-0.2, -0.15) is 5.10 Å². The molecule has 0 atom stereocenters. The van der Waals surface area contributed by atoms with Crippen LogP contribution < -0.4 is 0 Å². The molecule has 0 saturated carbocycles. The lowest BCUT2D eigenvalue weighted by Crippen LogP contribution is -1.96. The van der Waals surface area contributed by atoms with Crippen molar-refractivity contribution in [3.05, 3.63) is 30.6 Å².